The third-order valence-electron chi connectivity index (χ3n) is 4.07. The van der Waals surface area contributed by atoms with Crippen LogP contribution in [0.4, 0.5) is 5.69 Å². The van der Waals surface area contributed by atoms with Crippen molar-refractivity contribution in [3.8, 4) is 0 Å². The summed E-state index contributed by atoms with van der Waals surface area (Å²) in [7, 11) is 0. The highest BCUT2D eigenvalue weighted by molar-refractivity contribution is 9.11. The van der Waals surface area contributed by atoms with Crippen molar-refractivity contribution >= 4 is 49.1 Å². The van der Waals surface area contributed by atoms with Gasteiger partial charge in [0, 0.05) is 14.0 Å². The summed E-state index contributed by atoms with van der Waals surface area (Å²) in [5, 5.41) is 4.49. The highest BCUT2D eigenvalue weighted by Crippen LogP contribution is 2.48. The van der Waals surface area contributed by atoms with Crippen molar-refractivity contribution in [3.05, 3.63) is 61.5 Å². The zero-order chi connectivity index (χ0) is 15.2. The van der Waals surface area contributed by atoms with Crippen LogP contribution in [0, 0.1) is 5.41 Å². The maximum absolute atomic E-state index is 6.20. The van der Waals surface area contributed by atoms with Crippen LogP contribution >= 0.6 is 43.5 Å². The van der Waals surface area contributed by atoms with Gasteiger partial charge in [-0.3, -0.25) is 0 Å². The molecule has 0 radical (unpaired) electrons. The number of fused-ring (bicyclic) bond motifs is 1. The molecule has 0 saturated carbocycles. The Morgan fingerprint density at radius 1 is 1.14 bits per heavy atom. The van der Waals surface area contributed by atoms with E-state index in [9.17, 15) is 0 Å². The molecule has 0 aliphatic heterocycles. The van der Waals surface area contributed by atoms with E-state index in [0.29, 0.717) is 0 Å². The van der Waals surface area contributed by atoms with Gasteiger partial charge in [-0.2, -0.15) is 0 Å². The number of hydrogen-bond acceptors (Lipinski definition) is 1. The number of halogens is 3. The van der Waals surface area contributed by atoms with Crippen molar-refractivity contribution < 1.29 is 0 Å². The summed E-state index contributed by atoms with van der Waals surface area (Å²) in [6, 6.07) is 12.6. The van der Waals surface area contributed by atoms with Gasteiger partial charge in [-0.05, 0) is 69.2 Å². The van der Waals surface area contributed by atoms with Gasteiger partial charge in [0.1, 0.15) is 0 Å². The van der Waals surface area contributed by atoms with E-state index in [4.69, 9.17) is 11.6 Å². The Hall–Kier alpha value is -0.510. The van der Waals surface area contributed by atoms with Crippen LogP contribution in [0.25, 0.3) is 0 Å². The van der Waals surface area contributed by atoms with E-state index < -0.39 is 0 Å². The number of benzene rings is 2. The Balaban J connectivity index is 2.01. The molecule has 1 nitrogen and oxygen atoms in total. The second kappa shape index (κ2) is 5.60. The molecule has 0 fully saturated rings. The van der Waals surface area contributed by atoms with E-state index >= 15 is 0 Å². The predicted octanol–water partition coefficient (Wildman–Crippen LogP) is 6.60. The van der Waals surface area contributed by atoms with Crippen LogP contribution in [-0.2, 0) is 6.42 Å². The molecular weight excluding hydrogens is 413 g/mol. The molecule has 1 atom stereocenters. The van der Waals surface area contributed by atoms with Gasteiger partial charge in [0.25, 0.3) is 0 Å². The Kier molecular flexibility index (Phi) is 4.10. The summed E-state index contributed by atoms with van der Waals surface area (Å²) in [5.41, 5.74) is 3.93. The van der Waals surface area contributed by atoms with Crippen LogP contribution in [-0.4, -0.2) is 0 Å². The lowest BCUT2D eigenvalue weighted by Gasteiger charge is -2.30. The number of hydrogen-bond donors (Lipinski definition) is 1. The maximum Gasteiger partial charge on any atom is 0.0571 e. The minimum Gasteiger partial charge on any atom is -0.377 e. The van der Waals surface area contributed by atoms with Gasteiger partial charge in [0.05, 0.1) is 11.7 Å². The normalized spacial score (nSPS) is 19.4. The highest BCUT2D eigenvalue weighted by atomic mass is 79.9. The average Bonchev–Trinajstić information content (AvgIpc) is 2.65. The van der Waals surface area contributed by atoms with Crippen LogP contribution in [0.15, 0.2) is 45.3 Å². The molecule has 0 bridgehead atoms. The number of nitrogens with one attached hydrogen (secondary N) is 1. The van der Waals surface area contributed by atoms with E-state index in [1.54, 1.807) is 0 Å². The van der Waals surface area contributed by atoms with Gasteiger partial charge >= 0.3 is 0 Å². The van der Waals surface area contributed by atoms with E-state index in [1.807, 2.05) is 18.2 Å². The van der Waals surface area contributed by atoms with Crippen LogP contribution in [0.3, 0.4) is 0 Å². The van der Waals surface area contributed by atoms with E-state index in [2.05, 4.69) is 69.2 Å². The van der Waals surface area contributed by atoms with Crippen molar-refractivity contribution in [2.45, 2.75) is 26.3 Å². The first-order chi connectivity index (χ1) is 9.87. The lowest BCUT2D eigenvalue weighted by molar-refractivity contribution is 0.337. The smallest absolute Gasteiger partial charge is 0.0571 e. The number of rotatable bonds is 2. The Bertz CT molecular complexity index is 697. The predicted molar refractivity (Wildman–Crippen MR) is 97.1 cm³/mol. The molecule has 1 aliphatic rings. The van der Waals surface area contributed by atoms with E-state index in [-0.39, 0.29) is 11.5 Å². The fourth-order valence-electron chi connectivity index (χ4n) is 3.05. The summed E-state index contributed by atoms with van der Waals surface area (Å²) < 4.78 is 2.13. The first kappa shape index (κ1) is 15.4. The fraction of sp³-hybridized carbons (Fsp3) is 0.294. The van der Waals surface area contributed by atoms with Crippen molar-refractivity contribution in [1.29, 1.82) is 0 Å². The van der Waals surface area contributed by atoms with Crippen LogP contribution < -0.4 is 5.32 Å². The van der Waals surface area contributed by atoms with Crippen LogP contribution in [0.1, 0.15) is 31.0 Å². The van der Waals surface area contributed by atoms with Gasteiger partial charge in [-0.15, -0.1) is 0 Å². The largest absolute Gasteiger partial charge is 0.377 e. The molecule has 0 saturated heterocycles. The second-order valence-corrected chi connectivity index (χ2v) is 8.42. The maximum atomic E-state index is 6.20. The lowest BCUT2D eigenvalue weighted by atomic mass is 9.85. The SMILES string of the molecule is CC1(C)Cc2ccc(Cl)cc2C1Nc1cc(Br)ccc1Br. The first-order valence-corrected chi connectivity index (χ1v) is 8.83. The first-order valence-electron chi connectivity index (χ1n) is 6.87. The Labute approximate surface area is 147 Å². The fourth-order valence-corrected chi connectivity index (χ4v) is 3.95. The molecule has 0 aromatic heterocycles. The molecule has 0 spiro atoms. The second-order valence-electron chi connectivity index (χ2n) is 6.21. The minimum absolute atomic E-state index is 0.148. The van der Waals surface area contributed by atoms with Crippen molar-refractivity contribution in [2.75, 3.05) is 5.32 Å². The summed E-state index contributed by atoms with van der Waals surface area (Å²) >= 11 is 13.4. The Morgan fingerprint density at radius 3 is 2.67 bits per heavy atom. The molecule has 4 heteroatoms. The standard InChI is InChI=1S/C17H16Br2ClN/c1-17(2)9-10-3-5-12(20)8-13(10)16(17)21-15-7-11(18)4-6-14(15)19/h3-8,16,21H,9H2,1-2H3. The lowest BCUT2D eigenvalue weighted by Crippen LogP contribution is -2.24. The Morgan fingerprint density at radius 2 is 1.90 bits per heavy atom. The molecule has 110 valence electrons. The molecule has 0 heterocycles. The third kappa shape index (κ3) is 3.01. The average molecular weight is 430 g/mol. The van der Waals surface area contributed by atoms with Gasteiger partial charge < -0.3 is 5.32 Å². The molecule has 2 aromatic rings. The summed E-state index contributed by atoms with van der Waals surface area (Å²) in [6.45, 7) is 4.59. The topological polar surface area (TPSA) is 12.0 Å². The van der Waals surface area contributed by atoms with Crippen molar-refractivity contribution in [3.63, 3.8) is 0 Å². The molecule has 3 rings (SSSR count). The monoisotopic (exact) mass is 427 g/mol. The zero-order valence-electron chi connectivity index (χ0n) is 11.9. The van der Waals surface area contributed by atoms with Gasteiger partial charge in [0.2, 0.25) is 0 Å². The molecular formula is C17H16Br2ClN. The molecule has 0 amide bonds. The number of anilines is 1. The highest BCUT2D eigenvalue weighted by Gasteiger charge is 2.39. The molecule has 21 heavy (non-hydrogen) atoms. The zero-order valence-corrected chi connectivity index (χ0v) is 15.8. The van der Waals surface area contributed by atoms with E-state index in [0.717, 1.165) is 26.1 Å². The molecule has 1 N–H and O–H groups in total. The van der Waals surface area contributed by atoms with Gasteiger partial charge in [-0.25, -0.2) is 0 Å². The summed E-state index contributed by atoms with van der Waals surface area (Å²) in [5.74, 6) is 0. The van der Waals surface area contributed by atoms with Crippen LogP contribution in [0.2, 0.25) is 5.02 Å². The summed E-state index contributed by atoms with van der Waals surface area (Å²) in [4.78, 5) is 0. The quantitative estimate of drug-likeness (QED) is 0.567. The van der Waals surface area contributed by atoms with E-state index in [1.165, 1.54) is 11.1 Å². The van der Waals surface area contributed by atoms with Gasteiger partial charge in [0.15, 0.2) is 0 Å². The van der Waals surface area contributed by atoms with Crippen molar-refractivity contribution in [2.24, 2.45) is 5.41 Å². The van der Waals surface area contributed by atoms with Crippen molar-refractivity contribution in [1.82, 2.24) is 0 Å². The molecule has 2 aromatic carbocycles. The molecule has 1 unspecified atom stereocenters. The molecule has 1 aliphatic carbocycles. The summed E-state index contributed by atoms with van der Waals surface area (Å²) in [6.07, 6.45) is 1.06. The third-order valence-corrected chi connectivity index (χ3v) is 5.49. The van der Waals surface area contributed by atoms with Gasteiger partial charge in [-0.1, -0.05) is 47.4 Å². The minimum atomic E-state index is 0.148. The van der Waals surface area contributed by atoms with Crippen LogP contribution in [0.5, 0.6) is 0 Å².